The average molecular weight is 348 g/mol. The highest BCUT2D eigenvalue weighted by molar-refractivity contribution is 9.10. The first-order chi connectivity index (χ1) is 9.02. The molecule has 0 atom stereocenters. The van der Waals surface area contributed by atoms with Gasteiger partial charge in [-0.3, -0.25) is 4.79 Å². The van der Waals surface area contributed by atoms with Crippen molar-refractivity contribution in [1.82, 2.24) is 0 Å². The van der Waals surface area contributed by atoms with Crippen LogP contribution in [0.1, 0.15) is 10.4 Å². The lowest BCUT2D eigenvalue weighted by atomic mass is 10.2. The van der Waals surface area contributed by atoms with E-state index in [4.69, 9.17) is 16.3 Å². The van der Waals surface area contributed by atoms with Crippen molar-refractivity contribution in [1.29, 1.82) is 0 Å². The molecule has 0 unspecified atom stereocenters. The Labute approximate surface area is 121 Å². The summed E-state index contributed by atoms with van der Waals surface area (Å²) in [5.74, 6) is -1.66. The van der Waals surface area contributed by atoms with E-state index in [0.717, 1.165) is 12.1 Å². The predicted octanol–water partition coefficient (Wildman–Crippen LogP) is 4.99. The van der Waals surface area contributed by atoms with Crippen LogP contribution in [0.5, 0.6) is 11.5 Å². The quantitative estimate of drug-likeness (QED) is 0.578. The zero-order valence-corrected chi connectivity index (χ0v) is 11.6. The first kappa shape index (κ1) is 14.0. The van der Waals surface area contributed by atoms with E-state index in [2.05, 4.69) is 15.9 Å². The Morgan fingerprint density at radius 3 is 2.63 bits per heavy atom. The van der Waals surface area contributed by atoms with Gasteiger partial charge in [-0.25, -0.2) is 8.78 Å². The lowest BCUT2D eigenvalue weighted by molar-refractivity contribution is 0.112. The Bertz CT molecular complexity index is 647. The molecule has 98 valence electrons. The molecular formula is C13H6BrClF2O2. The van der Waals surface area contributed by atoms with E-state index < -0.39 is 11.6 Å². The van der Waals surface area contributed by atoms with Crippen LogP contribution < -0.4 is 4.74 Å². The van der Waals surface area contributed by atoms with Gasteiger partial charge in [0.2, 0.25) is 0 Å². The highest BCUT2D eigenvalue weighted by Crippen LogP contribution is 2.35. The molecule has 2 aromatic carbocycles. The number of rotatable bonds is 3. The van der Waals surface area contributed by atoms with Gasteiger partial charge in [-0.05, 0) is 34.1 Å². The van der Waals surface area contributed by atoms with E-state index in [1.54, 1.807) is 0 Å². The molecule has 0 radical (unpaired) electrons. The Morgan fingerprint density at radius 2 is 1.95 bits per heavy atom. The fraction of sp³-hybridized carbons (Fsp3) is 0. The number of hydrogen-bond acceptors (Lipinski definition) is 2. The molecule has 0 saturated carbocycles. The van der Waals surface area contributed by atoms with E-state index in [-0.39, 0.29) is 22.1 Å². The summed E-state index contributed by atoms with van der Waals surface area (Å²) in [6.45, 7) is 0. The summed E-state index contributed by atoms with van der Waals surface area (Å²) < 4.78 is 32.6. The molecule has 0 heterocycles. The van der Waals surface area contributed by atoms with Gasteiger partial charge in [-0.1, -0.05) is 17.7 Å². The Balaban J connectivity index is 2.47. The van der Waals surface area contributed by atoms with Crippen LogP contribution in [0.2, 0.25) is 5.02 Å². The molecule has 19 heavy (non-hydrogen) atoms. The summed E-state index contributed by atoms with van der Waals surface area (Å²) >= 11 is 8.71. The van der Waals surface area contributed by atoms with Crippen molar-refractivity contribution in [3.05, 3.63) is 57.0 Å². The molecule has 6 heteroatoms. The Morgan fingerprint density at radius 1 is 1.21 bits per heavy atom. The van der Waals surface area contributed by atoms with Gasteiger partial charge in [-0.2, -0.15) is 0 Å². The normalized spacial score (nSPS) is 10.3. The Hall–Kier alpha value is -1.46. The van der Waals surface area contributed by atoms with Crippen molar-refractivity contribution < 1.29 is 18.3 Å². The van der Waals surface area contributed by atoms with Crippen LogP contribution in [-0.4, -0.2) is 6.29 Å². The number of carbonyl (C=O) groups excluding carboxylic acids is 1. The van der Waals surface area contributed by atoms with E-state index in [9.17, 15) is 13.6 Å². The smallest absolute Gasteiger partial charge is 0.173 e. The third kappa shape index (κ3) is 2.93. The molecule has 0 amide bonds. The SMILES string of the molecule is O=Cc1cccc(F)c1Oc1cc(F)c(Cl)cc1Br. The van der Waals surface area contributed by atoms with Crippen molar-refractivity contribution in [2.24, 2.45) is 0 Å². The molecule has 0 N–H and O–H groups in total. The van der Waals surface area contributed by atoms with Crippen LogP contribution in [0.25, 0.3) is 0 Å². The number of halogens is 4. The molecular weight excluding hydrogens is 341 g/mol. The van der Waals surface area contributed by atoms with Crippen LogP contribution in [0.3, 0.4) is 0 Å². The zero-order valence-electron chi connectivity index (χ0n) is 9.29. The Kier molecular flexibility index (Phi) is 4.17. The predicted molar refractivity (Wildman–Crippen MR) is 71.0 cm³/mol. The van der Waals surface area contributed by atoms with Gasteiger partial charge in [0, 0.05) is 6.07 Å². The summed E-state index contributed by atoms with van der Waals surface area (Å²) in [5.41, 5.74) is 0.0299. The van der Waals surface area contributed by atoms with E-state index in [1.807, 2.05) is 0 Å². The third-order valence-electron chi connectivity index (χ3n) is 2.31. The van der Waals surface area contributed by atoms with Gasteiger partial charge < -0.3 is 4.74 Å². The molecule has 0 aliphatic rings. The summed E-state index contributed by atoms with van der Waals surface area (Å²) in [4.78, 5) is 10.8. The van der Waals surface area contributed by atoms with Crippen LogP contribution in [0.4, 0.5) is 8.78 Å². The minimum Gasteiger partial charge on any atom is -0.452 e. The zero-order chi connectivity index (χ0) is 14.0. The van der Waals surface area contributed by atoms with Gasteiger partial charge in [-0.15, -0.1) is 0 Å². The van der Waals surface area contributed by atoms with E-state index in [1.165, 1.54) is 18.2 Å². The molecule has 0 spiro atoms. The lowest BCUT2D eigenvalue weighted by Crippen LogP contribution is -1.95. The molecule has 2 nitrogen and oxygen atoms in total. The van der Waals surface area contributed by atoms with Gasteiger partial charge in [0.25, 0.3) is 0 Å². The fourth-order valence-electron chi connectivity index (χ4n) is 1.42. The van der Waals surface area contributed by atoms with Gasteiger partial charge in [0.05, 0.1) is 15.1 Å². The van der Waals surface area contributed by atoms with Crippen LogP contribution in [-0.2, 0) is 0 Å². The van der Waals surface area contributed by atoms with Gasteiger partial charge in [0.1, 0.15) is 11.6 Å². The van der Waals surface area contributed by atoms with Crippen LogP contribution >= 0.6 is 27.5 Å². The summed E-state index contributed by atoms with van der Waals surface area (Å²) in [5, 5.41) is -0.0941. The summed E-state index contributed by atoms with van der Waals surface area (Å²) in [6.07, 6.45) is 0.457. The second-order valence-corrected chi connectivity index (χ2v) is 4.84. The highest BCUT2D eigenvalue weighted by Gasteiger charge is 2.14. The second-order valence-electron chi connectivity index (χ2n) is 3.57. The molecule has 0 aromatic heterocycles. The number of carbonyl (C=O) groups is 1. The van der Waals surface area contributed by atoms with Gasteiger partial charge >= 0.3 is 0 Å². The molecule has 0 fully saturated rings. The van der Waals surface area contributed by atoms with Crippen molar-refractivity contribution in [3.8, 4) is 11.5 Å². The number of ether oxygens (including phenoxy) is 1. The minimum absolute atomic E-state index is 0.0232. The standard InChI is InChI=1S/C13H6BrClF2O2/c14-8-4-9(15)11(17)5-12(8)19-13-7(6-18)2-1-3-10(13)16/h1-6H. The molecule has 2 rings (SSSR count). The van der Waals surface area contributed by atoms with E-state index >= 15 is 0 Å². The molecule has 2 aromatic rings. The minimum atomic E-state index is -0.716. The average Bonchev–Trinajstić information content (AvgIpc) is 2.38. The van der Waals surface area contributed by atoms with E-state index in [0.29, 0.717) is 10.8 Å². The van der Waals surface area contributed by atoms with Crippen molar-refractivity contribution >= 4 is 33.8 Å². The van der Waals surface area contributed by atoms with Crippen LogP contribution in [0, 0.1) is 11.6 Å². The molecule has 0 bridgehead atoms. The first-order valence-electron chi connectivity index (χ1n) is 5.09. The first-order valence-corrected chi connectivity index (χ1v) is 6.26. The monoisotopic (exact) mass is 346 g/mol. The van der Waals surface area contributed by atoms with Crippen LogP contribution in [0.15, 0.2) is 34.8 Å². The van der Waals surface area contributed by atoms with Crippen molar-refractivity contribution in [2.75, 3.05) is 0 Å². The topological polar surface area (TPSA) is 26.3 Å². The highest BCUT2D eigenvalue weighted by atomic mass is 79.9. The summed E-state index contributed by atoms with van der Waals surface area (Å²) in [7, 11) is 0. The largest absolute Gasteiger partial charge is 0.452 e. The third-order valence-corrected chi connectivity index (χ3v) is 3.22. The van der Waals surface area contributed by atoms with Gasteiger partial charge in [0.15, 0.2) is 17.9 Å². The summed E-state index contributed by atoms with van der Waals surface area (Å²) in [6, 6.07) is 6.21. The molecule has 0 aliphatic heterocycles. The maximum Gasteiger partial charge on any atom is 0.173 e. The number of para-hydroxylation sites is 1. The number of aldehydes is 1. The molecule has 0 aliphatic carbocycles. The second kappa shape index (κ2) is 5.67. The molecule has 0 saturated heterocycles. The maximum absolute atomic E-state index is 13.6. The fourth-order valence-corrected chi connectivity index (χ4v) is 2.14. The maximum atomic E-state index is 13.6. The van der Waals surface area contributed by atoms with Crippen molar-refractivity contribution in [2.45, 2.75) is 0 Å². The number of benzene rings is 2. The van der Waals surface area contributed by atoms with Crippen molar-refractivity contribution in [3.63, 3.8) is 0 Å². The lowest BCUT2D eigenvalue weighted by Gasteiger charge is -2.11. The number of hydrogen-bond donors (Lipinski definition) is 0.